The molecule has 2 aromatic rings. The minimum atomic E-state index is -0.142. The molecule has 6 heterocycles. The number of ether oxygens (including phenoxy) is 1. The van der Waals surface area contributed by atoms with E-state index < -0.39 is 0 Å². The number of hydrogen-bond acceptors (Lipinski definition) is 6. The summed E-state index contributed by atoms with van der Waals surface area (Å²) in [5.41, 5.74) is 0.477. The van der Waals surface area contributed by atoms with Crippen LogP contribution in [-0.4, -0.2) is 57.3 Å². The minimum absolute atomic E-state index is 0.142. The predicted octanol–water partition coefficient (Wildman–Crippen LogP) is 1.65. The van der Waals surface area contributed by atoms with Crippen molar-refractivity contribution in [2.75, 3.05) is 31.5 Å². The topological polar surface area (TPSA) is 67.0 Å². The maximum Gasteiger partial charge on any atom is 0.291 e. The molecule has 0 aliphatic carbocycles. The Labute approximate surface area is 138 Å². The highest BCUT2D eigenvalue weighted by Gasteiger charge is 2.51. The smallest absolute Gasteiger partial charge is 0.291 e. The average Bonchev–Trinajstić information content (AvgIpc) is 3.13. The summed E-state index contributed by atoms with van der Waals surface area (Å²) in [6.45, 7) is 4.09. The van der Waals surface area contributed by atoms with E-state index >= 15 is 0 Å². The Morgan fingerprint density at radius 2 is 2.22 bits per heavy atom. The van der Waals surface area contributed by atoms with Gasteiger partial charge in [-0.15, -0.1) is 0 Å². The number of halogens is 1. The van der Waals surface area contributed by atoms with E-state index in [0.29, 0.717) is 28.4 Å². The Morgan fingerprint density at radius 1 is 1.35 bits per heavy atom. The number of aliphatic imine (C=N–C) groups is 1. The predicted molar refractivity (Wildman–Crippen MR) is 86.9 cm³/mol. The summed E-state index contributed by atoms with van der Waals surface area (Å²) in [5, 5.41) is 7.82. The van der Waals surface area contributed by atoms with Crippen molar-refractivity contribution in [2.24, 2.45) is 10.9 Å². The first-order valence-corrected chi connectivity index (χ1v) is 8.32. The van der Waals surface area contributed by atoms with Crippen molar-refractivity contribution in [3.63, 3.8) is 0 Å². The summed E-state index contributed by atoms with van der Waals surface area (Å²) < 4.78 is 7.89. The number of aromatic nitrogens is 3. The summed E-state index contributed by atoms with van der Waals surface area (Å²) in [6, 6.07) is 2.40. The Morgan fingerprint density at radius 3 is 3.00 bits per heavy atom. The van der Waals surface area contributed by atoms with Crippen molar-refractivity contribution in [3.05, 3.63) is 23.5 Å². The molecular weight excluding hydrogens is 316 g/mol. The summed E-state index contributed by atoms with van der Waals surface area (Å²) in [7, 11) is 0. The van der Waals surface area contributed by atoms with Gasteiger partial charge in [0.15, 0.2) is 5.65 Å². The molecule has 4 aliphatic heterocycles. The molecule has 4 aliphatic rings. The second-order valence-electron chi connectivity index (χ2n) is 6.54. The van der Waals surface area contributed by atoms with Crippen molar-refractivity contribution in [1.29, 1.82) is 0 Å². The maximum atomic E-state index is 6.25. The van der Waals surface area contributed by atoms with Crippen LogP contribution in [0.3, 0.4) is 0 Å². The summed E-state index contributed by atoms with van der Waals surface area (Å²) in [5.74, 6) is 1.27. The molecule has 2 bridgehead atoms. The van der Waals surface area contributed by atoms with Crippen molar-refractivity contribution in [2.45, 2.75) is 18.4 Å². The van der Waals surface area contributed by atoms with Gasteiger partial charge >= 0.3 is 0 Å². The van der Waals surface area contributed by atoms with Crippen LogP contribution < -0.4 is 5.32 Å². The largest absolute Gasteiger partial charge is 0.455 e. The first kappa shape index (κ1) is 13.6. The number of amidine groups is 1. The molecule has 1 N–H and O–H groups in total. The molecule has 7 nitrogen and oxygen atoms in total. The SMILES string of the molecule is Clc1cnn2ccc(NC3=NC[C@@]4(CN5CCC4CC5)O3)nc12. The number of anilines is 1. The summed E-state index contributed by atoms with van der Waals surface area (Å²) >= 11 is 6.08. The number of hydrogen-bond donors (Lipinski definition) is 1. The van der Waals surface area contributed by atoms with Crippen molar-refractivity contribution in [1.82, 2.24) is 19.5 Å². The van der Waals surface area contributed by atoms with E-state index in [4.69, 9.17) is 16.3 Å². The van der Waals surface area contributed by atoms with Gasteiger partial charge in [-0.1, -0.05) is 11.6 Å². The second-order valence-corrected chi connectivity index (χ2v) is 6.94. The molecule has 1 spiro atoms. The van der Waals surface area contributed by atoms with Gasteiger partial charge in [0.05, 0.1) is 12.7 Å². The lowest BCUT2D eigenvalue weighted by Crippen LogP contribution is -2.61. The van der Waals surface area contributed by atoms with Gasteiger partial charge in [0.25, 0.3) is 6.02 Å². The van der Waals surface area contributed by atoms with Crippen LogP contribution in [0.2, 0.25) is 5.02 Å². The van der Waals surface area contributed by atoms with Gasteiger partial charge in [-0.2, -0.15) is 5.10 Å². The molecule has 0 radical (unpaired) electrons. The second kappa shape index (κ2) is 4.82. The first-order chi connectivity index (χ1) is 11.2. The van der Waals surface area contributed by atoms with Gasteiger partial charge < -0.3 is 4.74 Å². The van der Waals surface area contributed by atoms with E-state index in [2.05, 4.69) is 25.3 Å². The molecule has 6 rings (SSSR count). The quantitative estimate of drug-likeness (QED) is 0.860. The van der Waals surface area contributed by atoms with Gasteiger partial charge in [0, 0.05) is 18.7 Å². The lowest BCUT2D eigenvalue weighted by molar-refractivity contribution is -0.0829. The molecule has 23 heavy (non-hydrogen) atoms. The molecule has 0 amide bonds. The van der Waals surface area contributed by atoms with Gasteiger partial charge in [-0.05, 0) is 32.0 Å². The zero-order chi connectivity index (χ0) is 15.4. The number of piperidine rings is 3. The number of rotatable bonds is 1. The number of nitrogens with one attached hydrogen (secondary N) is 1. The fourth-order valence-corrected chi connectivity index (χ4v) is 4.14. The van der Waals surface area contributed by atoms with Crippen molar-refractivity contribution < 1.29 is 4.74 Å². The third-order valence-electron chi connectivity index (χ3n) is 5.17. The van der Waals surface area contributed by atoms with Crippen LogP contribution in [0.4, 0.5) is 5.82 Å². The normalized spacial score (nSPS) is 32.3. The third-order valence-corrected chi connectivity index (χ3v) is 5.44. The van der Waals surface area contributed by atoms with Crippen molar-refractivity contribution >= 4 is 29.1 Å². The van der Waals surface area contributed by atoms with Crippen LogP contribution in [0, 0.1) is 5.92 Å². The van der Waals surface area contributed by atoms with Gasteiger partial charge in [-0.25, -0.2) is 14.5 Å². The standard InChI is InChI=1S/C15H17ClN6O/c16-11-7-18-22-6-3-12(19-13(11)22)20-14-17-8-15(23-14)9-21-4-1-10(15)2-5-21/h3,6-7,10H,1-2,4-5,8-9H2,(H,17,19,20)/t15-/m0/s1. The van der Waals surface area contributed by atoms with Crippen LogP contribution in [0.1, 0.15) is 12.8 Å². The highest BCUT2D eigenvalue weighted by Crippen LogP contribution is 2.40. The van der Waals surface area contributed by atoms with Gasteiger partial charge in [0.1, 0.15) is 16.4 Å². The monoisotopic (exact) mass is 332 g/mol. The Kier molecular flexibility index (Phi) is 2.84. The fourth-order valence-electron chi connectivity index (χ4n) is 3.97. The van der Waals surface area contributed by atoms with Crippen LogP contribution in [0.25, 0.3) is 5.65 Å². The van der Waals surface area contributed by atoms with E-state index in [0.717, 1.165) is 13.1 Å². The van der Waals surface area contributed by atoms with E-state index in [1.165, 1.54) is 25.9 Å². The molecule has 3 saturated heterocycles. The molecule has 3 fully saturated rings. The van der Waals surface area contributed by atoms with E-state index in [1.54, 1.807) is 10.7 Å². The minimum Gasteiger partial charge on any atom is -0.455 e. The summed E-state index contributed by atoms with van der Waals surface area (Å²) in [4.78, 5) is 11.5. The number of fused-ring (bicyclic) bond motifs is 3. The van der Waals surface area contributed by atoms with Gasteiger partial charge in [0.2, 0.25) is 0 Å². The van der Waals surface area contributed by atoms with Crippen LogP contribution in [-0.2, 0) is 4.74 Å². The molecule has 8 heteroatoms. The fraction of sp³-hybridized carbons (Fsp3) is 0.533. The number of nitrogens with zero attached hydrogens (tertiary/aromatic N) is 5. The van der Waals surface area contributed by atoms with Crippen molar-refractivity contribution in [3.8, 4) is 0 Å². The molecule has 120 valence electrons. The third kappa shape index (κ3) is 2.10. The highest BCUT2D eigenvalue weighted by atomic mass is 35.5. The molecule has 0 unspecified atom stereocenters. The first-order valence-electron chi connectivity index (χ1n) is 7.95. The van der Waals surface area contributed by atoms with E-state index in [1.807, 2.05) is 12.3 Å². The molecule has 2 aromatic heterocycles. The maximum absolute atomic E-state index is 6.25. The van der Waals surface area contributed by atoms with E-state index in [-0.39, 0.29) is 5.60 Å². The zero-order valence-electron chi connectivity index (χ0n) is 12.6. The summed E-state index contributed by atoms with van der Waals surface area (Å²) in [6.07, 6.45) is 5.81. The Hall–Kier alpha value is -1.86. The lowest BCUT2D eigenvalue weighted by atomic mass is 9.75. The molecular formula is C15H17ClN6O. The Bertz CT molecular complexity index is 796. The molecule has 0 aromatic carbocycles. The lowest BCUT2D eigenvalue weighted by Gasteiger charge is -2.50. The average molecular weight is 333 g/mol. The van der Waals surface area contributed by atoms with Crippen LogP contribution in [0.5, 0.6) is 0 Å². The van der Waals surface area contributed by atoms with E-state index in [9.17, 15) is 0 Å². The highest BCUT2D eigenvalue weighted by molar-refractivity contribution is 6.33. The van der Waals surface area contributed by atoms with Crippen LogP contribution in [0.15, 0.2) is 23.5 Å². The Balaban J connectivity index is 1.36. The zero-order valence-corrected chi connectivity index (χ0v) is 13.3. The molecule has 1 atom stereocenters. The van der Waals surface area contributed by atoms with Crippen LogP contribution >= 0.6 is 11.6 Å². The molecule has 0 saturated carbocycles. The van der Waals surface area contributed by atoms with Gasteiger partial charge in [-0.3, -0.25) is 10.2 Å².